The molecule has 0 bridgehead atoms. The first-order valence-electron chi connectivity index (χ1n) is 5.74. The number of aromatic nitrogens is 4. The van der Waals surface area contributed by atoms with Gasteiger partial charge in [0.25, 0.3) is 0 Å². The molecule has 0 radical (unpaired) electrons. The second-order valence-corrected chi connectivity index (χ2v) is 5.61. The summed E-state index contributed by atoms with van der Waals surface area (Å²) in [5, 5.41) is 0. The van der Waals surface area contributed by atoms with Crippen molar-refractivity contribution in [3.63, 3.8) is 0 Å². The summed E-state index contributed by atoms with van der Waals surface area (Å²) in [7, 11) is 0. The molecule has 19 heavy (non-hydrogen) atoms. The number of hydrogen-bond donors (Lipinski definition) is 1. The van der Waals surface area contributed by atoms with Crippen LogP contribution in [0.2, 0.25) is 0 Å². The van der Waals surface area contributed by atoms with Crippen LogP contribution in [0.25, 0.3) is 11.2 Å². The highest BCUT2D eigenvalue weighted by atomic mass is 79.9. The Morgan fingerprint density at radius 3 is 2.89 bits per heavy atom. The smallest absolute Gasteiger partial charge is 0.217 e. The lowest BCUT2D eigenvalue weighted by Crippen LogP contribution is -2.07. The first-order valence-corrected chi connectivity index (χ1v) is 6.94. The van der Waals surface area contributed by atoms with Crippen LogP contribution in [-0.2, 0) is 0 Å². The van der Waals surface area contributed by atoms with Crippen LogP contribution >= 0.6 is 28.1 Å². The molecule has 5 nitrogen and oxygen atoms in total. The fourth-order valence-electron chi connectivity index (χ4n) is 2.02. The molecule has 0 amide bonds. The van der Waals surface area contributed by atoms with Gasteiger partial charge in [-0.15, -0.1) is 0 Å². The summed E-state index contributed by atoms with van der Waals surface area (Å²) in [4.78, 5) is 11.8. The SMILES string of the molecule is Cc1cnc(C(C)n2c(=S)[nH]c3cc(Br)cnc32)o1. The molecule has 1 N–H and O–H groups in total. The minimum absolute atomic E-state index is 0.108. The minimum Gasteiger partial charge on any atom is -0.444 e. The van der Waals surface area contributed by atoms with Crippen molar-refractivity contribution in [1.29, 1.82) is 0 Å². The number of nitrogens with zero attached hydrogens (tertiary/aromatic N) is 3. The highest BCUT2D eigenvalue weighted by Gasteiger charge is 2.18. The number of hydrogen-bond acceptors (Lipinski definition) is 4. The number of aryl methyl sites for hydroxylation is 1. The van der Waals surface area contributed by atoms with Gasteiger partial charge in [-0.1, -0.05) is 0 Å². The molecular weight excluding hydrogens is 328 g/mol. The van der Waals surface area contributed by atoms with Crippen LogP contribution < -0.4 is 0 Å². The van der Waals surface area contributed by atoms with E-state index in [1.54, 1.807) is 12.4 Å². The normalized spacial score (nSPS) is 13.0. The Balaban J connectivity index is 2.19. The van der Waals surface area contributed by atoms with Gasteiger partial charge < -0.3 is 9.40 Å². The van der Waals surface area contributed by atoms with Gasteiger partial charge in [0.2, 0.25) is 5.89 Å². The molecule has 98 valence electrons. The third-order valence-electron chi connectivity index (χ3n) is 2.91. The van der Waals surface area contributed by atoms with Gasteiger partial charge in [0, 0.05) is 10.7 Å². The molecule has 0 saturated heterocycles. The number of imidazole rings is 1. The predicted octanol–water partition coefficient (Wildman–Crippen LogP) is 3.76. The topological polar surface area (TPSA) is 59.6 Å². The van der Waals surface area contributed by atoms with Crippen molar-refractivity contribution in [3.05, 3.63) is 39.4 Å². The quantitative estimate of drug-likeness (QED) is 0.722. The Morgan fingerprint density at radius 2 is 2.21 bits per heavy atom. The van der Waals surface area contributed by atoms with E-state index in [4.69, 9.17) is 16.6 Å². The Morgan fingerprint density at radius 1 is 1.42 bits per heavy atom. The van der Waals surface area contributed by atoms with E-state index >= 15 is 0 Å². The van der Waals surface area contributed by atoms with Crippen LogP contribution in [0.3, 0.4) is 0 Å². The van der Waals surface area contributed by atoms with E-state index in [0.717, 1.165) is 21.4 Å². The van der Waals surface area contributed by atoms with E-state index in [-0.39, 0.29) is 6.04 Å². The molecule has 3 aromatic rings. The third kappa shape index (κ3) is 2.12. The largest absolute Gasteiger partial charge is 0.444 e. The highest BCUT2D eigenvalue weighted by molar-refractivity contribution is 9.10. The third-order valence-corrected chi connectivity index (χ3v) is 3.64. The van der Waals surface area contributed by atoms with Crippen LogP contribution in [-0.4, -0.2) is 19.5 Å². The second kappa shape index (κ2) is 4.57. The number of halogens is 1. The summed E-state index contributed by atoms with van der Waals surface area (Å²) >= 11 is 8.76. The van der Waals surface area contributed by atoms with Crippen molar-refractivity contribution < 1.29 is 4.42 Å². The molecule has 7 heteroatoms. The molecule has 3 rings (SSSR count). The van der Waals surface area contributed by atoms with Crippen LogP contribution in [0.15, 0.2) is 27.3 Å². The zero-order valence-electron chi connectivity index (χ0n) is 10.3. The number of pyridine rings is 1. The molecule has 1 atom stereocenters. The maximum atomic E-state index is 5.57. The molecule has 0 aliphatic heterocycles. The van der Waals surface area contributed by atoms with Crippen LogP contribution in [0.4, 0.5) is 0 Å². The van der Waals surface area contributed by atoms with E-state index < -0.39 is 0 Å². The van der Waals surface area contributed by atoms with E-state index in [1.165, 1.54) is 0 Å². The van der Waals surface area contributed by atoms with Crippen molar-refractivity contribution in [3.8, 4) is 0 Å². The Hall–Kier alpha value is -1.47. The maximum Gasteiger partial charge on any atom is 0.217 e. The average Bonchev–Trinajstić information content (AvgIpc) is 2.91. The first-order chi connectivity index (χ1) is 9.06. The van der Waals surface area contributed by atoms with Gasteiger partial charge in [-0.05, 0) is 48.1 Å². The fourth-order valence-corrected chi connectivity index (χ4v) is 2.71. The highest BCUT2D eigenvalue weighted by Crippen LogP contribution is 2.24. The summed E-state index contributed by atoms with van der Waals surface area (Å²) in [6.07, 6.45) is 3.45. The van der Waals surface area contributed by atoms with Crippen molar-refractivity contribution in [2.45, 2.75) is 19.9 Å². The molecule has 0 spiro atoms. The zero-order valence-corrected chi connectivity index (χ0v) is 12.7. The average molecular weight is 339 g/mol. The lowest BCUT2D eigenvalue weighted by molar-refractivity contribution is 0.417. The molecule has 0 saturated carbocycles. The van der Waals surface area contributed by atoms with Gasteiger partial charge in [0.05, 0.1) is 11.7 Å². The summed E-state index contributed by atoms with van der Waals surface area (Å²) in [6.45, 7) is 3.85. The Labute approximate surface area is 122 Å². The van der Waals surface area contributed by atoms with Gasteiger partial charge in [-0.2, -0.15) is 0 Å². The summed E-state index contributed by atoms with van der Waals surface area (Å²) < 4.78 is 8.98. The monoisotopic (exact) mass is 338 g/mol. The zero-order chi connectivity index (χ0) is 13.6. The van der Waals surface area contributed by atoms with Crippen LogP contribution in [0, 0.1) is 11.7 Å². The second-order valence-electron chi connectivity index (χ2n) is 4.31. The molecule has 3 heterocycles. The fraction of sp³-hybridized carbons (Fsp3) is 0.250. The van der Waals surface area contributed by atoms with Gasteiger partial charge in [-0.3, -0.25) is 4.57 Å². The standard InChI is InChI=1S/C12H11BrN4OS/c1-6-4-15-11(18-6)7(2)17-10-9(16-12(17)19)3-8(13)5-14-10/h3-5,7H,1-2H3,(H,16,19). The first kappa shape index (κ1) is 12.6. The van der Waals surface area contributed by atoms with Crippen LogP contribution in [0.5, 0.6) is 0 Å². The lowest BCUT2D eigenvalue weighted by atomic mass is 10.3. The number of nitrogens with one attached hydrogen (secondary N) is 1. The number of rotatable bonds is 2. The summed E-state index contributed by atoms with van der Waals surface area (Å²) in [6, 6.07) is 1.84. The molecule has 0 aliphatic carbocycles. The number of oxazole rings is 1. The minimum atomic E-state index is -0.108. The molecule has 3 aromatic heterocycles. The van der Waals surface area contributed by atoms with E-state index in [0.29, 0.717) is 10.7 Å². The molecular formula is C12H11BrN4OS. The lowest BCUT2D eigenvalue weighted by Gasteiger charge is -2.09. The van der Waals surface area contributed by atoms with Crippen molar-refractivity contribution in [2.75, 3.05) is 0 Å². The van der Waals surface area contributed by atoms with Gasteiger partial charge in [0.15, 0.2) is 10.4 Å². The van der Waals surface area contributed by atoms with E-state index in [1.807, 2.05) is 24.5 Å². The van der Waals surface area contributed by atoms with Gasteiger partial charge in [0.1, 0.15) is 11.8 Å². The van der Waals surface area contributed by atoms with E-state index in [9.17, 15) is 0 Å². The van der Waals surface area contributed by atoms with E-state index in [2.05, 4.69) is 30.9 Å². The predicted molar refractivity (Wildman–Crippen MR) is 77.7 cm³/mol. The summed E-state index contributed by atoms with van der Waals surface area (Å²) in [5.41, 5.74) is 1.67. The summed E-state index contributed by atoms with van der Waals surface area (Å²) in [5.74, 6) is 1.41. The number of fused-ring (bicyclic) bond motifs is 1. The molecule has 0 aromatic carbocycles. The van der Waals surface area contributed by atoms with Crippen molar-refractivity contribution in [1.82, 2.24) is 19.5 Å². The number of H-pyrrole nitrogens is 1. The molecule has 1 unspecified atom stereocenters. The molecule has 0 fully saturated rings. The molecule has 0 aliphatic rings. The Bertz CT molecular complexity index is 804. The number of aromatic amines is 1. The van der Waals surface area contributed by atoms with Crippen LogP contribution in [0.1, 0.15) is 24.6 Å². The van der Waals surface area contributed by atoms with Crippen molar-refractivity contribution >= 4 is 39.3 Å². The van der Waals surface area contributed by atoms with Gasteiger partial charge in [-0.25, -0.2) is 9.97 Å². The Kier molecular flexibility index (Phi) is 3.02. The van der Waals surface area contributed by atoms with Crippen molar-refractivity contribution in [2.24, 2.45) is 0 Å². The maximum absolute atomic E-state index is 5.57. The van der Waals surface area contributed by atoms with Gasteiger partial charge >= 0.3 is 0 Å².